The number of sulfonamides is 1. The molecule has 6 N–H and O–H groups in total. The fraction of sp³-hybridized carbons (Fsp3) is 0.385. The maximum atomic E-state index is 12.6. The number of hydrogen-bond acceptors (Lipinski definition) is 5. The van der Waals surface area contributed by atoms with Gasteiger partial charge in [-0.2, -0.15) is 0 Å². The fourth-order valence-electron chi connectivity index (χ4n) is 2.42. The highest BCUT2D eigenvalue weighted by atomic mass is 32.2. The number of nitrogens with two attached hydrogens (primary N) is 2. The molecule has 0 aromatic heterocycles. The van der Waals surface area contributed by atoms with Crippen molar-refractivity contribution >= 4 is 21.9 Å². The summed E-state index contributed by atoms with van der Waals surface area (Å²) in [5.41, 5.74) is 5.65. The van der Waals surface area contributed by atoms with Crippen LogP contribution in [0.15, 0.2) is 29.2 Å². The molecular formula is C13H19N5O3S. The van der Waals surface area contributed by atoms with Crippen LogP contribution in [0.3, 0.4) is 0 Å². The van der Waals surface area contributed by atoms with Crippen molar-refractivity contribution in [3.05, 3.63) is 29.8 Å². The third-order valence-electron chi connectivity index (χ3n) is 3.48. The number of carbonyl (C=O) groups is 1. The van der Waals surface area contributed by atoms with Gasteiger partial charge in [0.1, 0.15) is 0 Å². The molecule has 8 nitrogen and oxygen atoms in total. The predicted molar refractivity (Wildman–Crippen MR) is 81.5 cm³/mol. The number of carbonyl (C=O) groups excluding carboxylic acids is 1. The molecule has 22 heavy (non-hydrogen) atoms. The minimum atomic E-state index is -3.90. The van der Waals surface area contributed by atoms with Crippen molar-refractivity contribution in [1.29, 1.82) is 5.41 Å². The lowest BCUT2D eigenvalue weighted by Crippen LogP contribution is -2.55. The Balaban J connectivity index is 2.33. The molecule has 1 amide bonds. The Morgan fingerprint density at radius 3 is 2.64 bits per heavy atom. The standard InChI is InChI=1S/C13H19N5O3S/c14-13(15)18(11-6-1-2-7-17-11)12(19)9-4-3-5-10(8-9)22(16,20)21/h3-5,8,11,17H,1-2,6-7H2,(H3,14,15)(H2,16,20,21). The summed E-state index contributed by atoms with van der Waals surface area (Å²) in [6, 6.07) is 5.40. The topological polar surface area (TPSA) is 142 Å². The van der Waals surface area contributed by atoms with Crippen LogP contribution in [-0.4, -0.2) is 37.9 Å². The average molecular weight is 325 g/mol. The first-order valence-electron chi connectivity index (χ1n) is 6.84. The molecule has 0 bridgehead atoms. The van der Waals surface area contributed by atoms with Gasteiger partial charge in [-0.3, -0.25) is 20.4 Å². The van der Waals surface area contributed by atoms with Crippen LogP contribution >= 0.6 is 0 Å². The molecule has 0 aliphatic carbocycles. The molecule has 1 saturated heterocycles. The summed E-state index contributed by atoms with van der Waals surface area (Å²) in [5, 5.41) is 15.9. The molecule has 1 aromatic rings. The second kappa shape index (κ2) is 6.42. The Bertz CT molecular complexity index is 683. The predicted octanol–water partition coefficient (Wildman–Crippen LogP) is -0.231. The summed E-state index contributed by atoms with van der Waals surface area (Å²) in [5.74, 6) is -0.914. The van der Waals surface area contributed by atoms with Crippen LogP contribution in [0.2, 0.25) is 0 Å². The van der Waals surface area contributed by atoms with Crippen molar-refractivity contribution in [3.8, 4) is 0 Å². The van der Waals surface area contributed by atoms with Crippen molar-refractivity contribution in [2.45, 2.75) is 30.3 Å². The molecular weight excluding hydrogens is 306 g/mol. The quantitative estimate of drug-likeness (QED) is 0.448. The molecule has 1 atom stereocenters. The Morgan fingerprint density at radius 1 is 1.36 bits per heavy atom. The van der Waals surface area contributed by atoms with Crippen LogP contribution in [0.25, 0.3) is 0 Å². The number of primary sulfonamides is 1. The largest absolute Gasteiger partial charge is 0.370 e. The van der Waals surface area contributed by atoms with Crippen LogP contribution in [-0.2, 0) is 10.0 Å². The van der Waals surface area contributed by atoms with Gasteiger partial charge in [-0.05, 0) is 44.0 Å². The van der Waals surface area contributed by atoms with E-state index in [1.807, 2.05) is 0 Å². The number of nitrogens with zero attached hydrogens (tertiary/aromatic N) is 1. The minimum absolute atomic E-state index is 0.120. The van der Waals surface area contributed by atoms with Crippen LogP contribution in [0, 0.1) is 5.41 Å². The van der Waals surface area contributed by atoms with E-state index in [0.717, 1.165) is 24.3 Å². The number of piperidine rings is 1. The molecule has 1 aliphatic heterocycles. The van der Waals surface area contributed by atoms with E-state index in [1.54, 1.807) is 0 Å². The molecule has 2 rings (SSSR count). The van der Waals surface area contributed by atoms with Crippen LogP contribution < -0.4 is 16.2 Å². The molecule has 1 heterocycles. The second-order valence-corrected chi connectivity index (χ2v) is 6.66. The zero-order chi connectivity index (χ0) is 16.3. The molecule has 120 valence electrons. The van der Waals surface area contributed by atoms with Crippen molar-refractivity contribution in [1.82, 2.24) is 10.2 Å². The third-order valence-corrected chi connectivity index (χ3v) is 4.39. The molecule has 0 saturated carbocycles. The number of hydrogen-bond donors (Lipinski definition) is 4. The minimum Gasteiger partial charge on any atom is -0.370 e. The highest BCUT2D eigenvalue weighted by Gasteiger charge is 2.28. The zero-order valence-electron chi connectivity index (χ0n) is 12.0. The van der Waals surface area contributed by atoms with Gasteiger partial charge in [0.05, 0.1) is 11.1 Å². The van der Waals surface area contributed by atoms with Crippen molar-refractivity contribution in [2.75, 3.05) is 6.54 Å². The van der Waals surface area contributed by atoms with E-state index in [-0.39, 0.29) is 22.6 Å². The van der Waals surface area contributed by atoms with E-state index >= 15 is 0 Å². The number of nitrogens with one attached hydrogen (secondary N) is 2. The van der Waals surface area contributed by atoms with Crippen LogP contribution in [0.1, 0.15) is 29.6 Å². The fourth-order valence-corrected chi connectivity index (χ4v) is 2.98. The molecule has 1 aromatic carbocycles. The number of rotatable bonds is 3. The van der Waals surface area contributed by atoms with Gasteiger partial charge in [-0.15, -0.1) is 0 Å². The van der Waals surface area contributed by atoms with Crippen molar-refractivity contribution in [2.24, 2.45) is 10.9 Å². The Hall–Kier alpha value is -1.97. The monoisotopic (exact) mass is 325 g/mol. The molecule has 1 unspecified atom stereocenters. The average Bonchev–Trinajstić information content (AvgIpc) is 2.47. The van der Waals surface area contributed by atoms with Crippen LogP contribution in [0.4, 0.5) is 0 Å². The van der Waals surface area contributed by atoms with Gasteiger partial charge in [0.2, 0.25) is 10.0 Å². The molecule has 0 spiro atoms. The first kappa shape index (κ1) is 16.4. The summed E-state index contributed by atoms with van der Waals surface area (Å²) >= 11 is 0. The normalized spacial score (nSPS) is 18.7. The number of benzene rings is 1. The maximum absolute atomic E-state index is 12.6. The lowest BCUT2D eigenvalue weighted by Gasteiger charge is -2.33. The van der Waals surface area contributed by atoms with Gasteiger partial charge in [0, 0.05) is 5.56 Å². The SMILES string of the molecule is N=C(N)N(C(=O)c1cccc(S(N)(=O)=O)c1)C1CCCCN1. The van der Waals surface area contributed by atoms with Gasteiger partial charge in [0.25, 0.3) is 5.91 Å². The van der Waals surface area contributed by atoms with Gasteiger partial charge in [0.15, 0.2) is 5.96 Å². The molecule has 0 radical (unpaired) electrons. The van der Waals surface area contributed by atoms with Crippen molar-refractivity contribution < 1.29 is 13.2 Å². The summed E-state index contributed by atoms with van der Waals surface area (Å²) in [7, 11) is -3.90. The van der Waals surface area contributed by atoms with E-state index in [1.165, 1.54) is 24.3 Å². The molecule has 1 fully saturated rings. The summed E-state index contributed by atoms with van der Waals surface area (Å²) < 4.78 is 22.8. The van der Waals surface area contributed by atoms with E-state index in [0.29, 0.717) is 6.42 Å². The Labute approximate surface area is 129 Å². The molecule has 1 aliphatic rings. The van der Waals surface area contributed by atoms with Crippen LogP contribution in [0.5, 0.6) is 0 Å². The Kier molecular flexibility index (Phi) is 4.79. The number of guanidine groups is 1. The number of amides is 1. The first-order chi connectivity index (χ1) is 10.3. The highest BCUT2D eigenvalue weighted by molar-refractivity contribution is 7.89. The molecule has 9 heteroatoms. The Morgan fingerprint density at radius 2 is 2.09 bits per heavy atom. The lowest BCUT2D eigenvalue weighted by molar-refractivity contribution is 0.0753. The zero-order valence-corrected chi connectivity index (χ0v) is 12.8. The van der Waals surface area contributed by atoms with E-state index in [4.69, 9.17) is 16.3 Å². The maximum Gasteiger partial charge on any atom is 0.261 e. The van der Waals surface area contributed by atoms with Gasteiger partial charge < -0.3 is 5.73 Å². The lowest BCUT2D eigenvalue weighted by atomic mass is 10.1. The highest BCUT2D eigenvalue weighted by Crippen LogP contribution is 2.16. The third kappa shape index (κ3) is 3.62. The van der Waals surface area contributed by atoms with E-state index < -0.39 is 15.9 Å². The summed E-state index contributed by atoms with van der Waals surface area (Å²) in [6.45, 7) is 0.735. The van der Waals surface area contributed by atoms with Gasteiger partial charge in [-0.25, -0.2) is 13.6 Å². The van der Waals surface area contributed by atoms with E-state index in [2.05, 4.69) is 5.32 Å². The van der Waals surface area contributed by atoms with Crippen molar-refractivity contribution in [3.63, 3.8) is 0 Å². The van der Waals surface area contributed by atoms with Gasteiger partial charge in [-0.1, -0.05) is 6.07 Å². The smallest absolute Gasteiger partial charge is 0.261 e. The summed E-state index contributed by atoms with van der Waals surface area (Å²) in [6.07, 6.45) is 2.24. The van der Waals surface area contributed by atoms with Gasteiger partial charge >= 0.3 is 0 Å². The first-order valence-corrected chi connectivity index (χ1v) is 8.39. The van der Waals surface area contributed by atoms with E-state index in [9.17, 15) is 13.2 Å². The second-order valence-electron chi connectivity index (χ2n) is 5.10. The summed E-state index contributed by atoms with van der Waals surface area (Å²) in [4.78, 5) is 13.6.